The summed E-state index contributed by atoms with van der Waals surface area (Å²) < 4.78 is 0. The molecule has 0 aliphatic rings. The molecule has 2 unspecified atom stereocenters. The van der Waals surface area contributed by atoms with Crippen LogP contribution in [-0.2, 0) is 0 Å². The summed E-state index contributed by atoms with van der Waals surface area (Å²) in [5.74, 6) is 0.842. The predicted octanol–water partition coefficient (Wildman–Crippen LogP) is 1.56. The molecular formula is C9H14ClN3O. The molecule has 0 spiro atoms. The molecule has 4 nitrogen and oxygen atoms in total. The van der Waals surface area contributed by atoms with Crippen molar-refractivity contribution in [3.05, 3.63) is 17.3 Å². The molecule has 0 bridgehead atoms. The van der Waals surface area contributed by atoms with Crippen LogP contribution in [0.3, 0.4) is 0 Å². The number of aliphatic hydroxyl groups is 1. The number of nitrogens with one attached hydrogen (secondary N) is 1. The Hall–Kier alpha value is -0.870. The first-order chi connectivity index (χ1) is 6.63. The van der Waals surface area contributed by atoms with Gasteiger partial charge in [0, 0.05) is 12.6 Å². The van der Waals surface area contributed by atoms with Crippen molar-refractivity contribution in [1.29, 1.82) is 0 Å². The third-order valence-electron chi connectivity index (χ3n) is 2.15. The highest BCUT2D eigenvalue weighted by atomic mass is 35.5. The molecule has 1 heterocycles. The second-order valence-corrected chi connectivity index (χ2v) is 3.72. The molecule has 0 saturated heterocycles. The average Bonchev–Trinajstić information content (AvgIpc) is 2.20. The molecule has 0 saturated carbocycles. The van der Waals surface area contributed by atoms with Gasteiger partial charge in [-0.25, -0.2) is 0 Å². The van der Waals surface area contributed by atoms with Crippen LogP contribution in [0.4, 0.5) is 5.82 Å². The Balaban J connectivity index is 2.56. The lowest BCUT2D eigenvalue weighted by Gasteiger charge is -2.19. The number of hydrogen-bond donors (Lipinski definition) is 2. The Kier molecular flexibility index (Phi) is 4.10. The predicted molar refractivity (Wildman–Crippen MR) is 56.4 cm³/mol. The molecule has 0 aliphatic carbocycles. The van der Waals surface area contributed by atoms with E-state index in [1.165, 1.54) is 0 Å². The topological polar surface area (TPSA) is 58.0 Å². The van der Waals surface area contributed by atoms with Gasteiger partial charge in [-0.3, -0.25) is 0 Å². The zero-order chi connectivity index (χ0) is 10.6. The van der Waals surface area contributed by atoms with Gasteiger partial charge >= 0.3 is 0 Å². The monoisotopic (exact) mass is 215 g/mol. The van der Waals surface area contributed by atoms with Crippen molar-refractivity contribution in [2.75, 3.05) is 11.9 Å². The first-order valence-electron chi connectivity index (χ1n) is 4.50. The molecular weight excluding hydrogens is 202 g/mol. The van der Waals surface area contributed by atoms with Gasteiger partial charge < -0.3 is 10.4 Å². The fourth-order valence-corrected chi connectivity index (χ4v) is 1.03. The SMILES string of the molecule is CC(CO)C(C)Nc1ccc(Cl)nn1. The Morgan fingerprint density at radius 2 is 2.14 bits per heavy atom. The Morgan fingerprint density at radius 3 is 2.64 bits per heavy atom. The van der Waals surface area contributed by atoms with Gasteiger partial charge in [-0.05, 0) is 25.0 Å². The lowest BCUT2D eigenvalue weighted by Crippen LogP contribution is -2.26. The first-order valence-corrected chi connectivity index (χ1v) is 4.88. The van der Waals surface area contributed by atoms with Crippen LogP contribution in [0.5, 0.6) is 0 Å². The lowest BCUT2D eigenvalue weighted by molar-refractivity contribution is 0.226. The maximum atomic E-state index is 8.93. The molecule has 5 heteroatoms. The molecule has 14 heavy (non-hydrogen) atoms. The first kappa shape index (κ1) is 11.2. The van der Waals surface area contributed by atoms with Crippen LogP contribution in [0.2, 0.25) is 5.15 Å². The van der Waals surface area contributed by atoms with Crippen molar-refractivity contribution in [3.8, 4) is 0 Å². The van der Waals surface area contributed by atoms with Crippen LogP contribution in [0.1, 0.15) is 13.8 Å². The van der Waals surface area contributed by atoms with E-state index in [0.717, 1.165) is 0 Å². The average molecular weight is 216 g/mol. The molecule has 2 atom stereocenters. The molecule has 1 aromatic rings. The van der Waals surface area contributed by atoms with Gasteiger partial charge in [-0.2, -0.15) is 0 Å². The highest BCUT2D eigenvalue weighted by molar-refractivity contribution is 6.29. The number of anilines is 1. The van der Waals surface area contributed by atoms with Crippen LogP contribution < -0.4 is 5.32 Å². The zero-order valence-electron chi connectivity index (χ0n) is 8.24. The van der Waals surface area contributed by atoms with Crippen molar-refractivity contribution in [1.82, 2.24) is 10.2 Å². The van der Waals surface area contributed by atoms with Gasteiger partial charge in [-0.15, -0.1) is 10.2 Å². The van der Waals surface area contributed by atoms with Crippen LogP contribution in [0.25, 0.3) is 0 Å². The van der Waals surface area contributed by atoms with Crippen LogP contribution in [-0.4, -0.2) is 28.0 Å². The number of rotatable bonds is 4. The second kappa shape index (κ2) is 5.12. The summed E-state index contributed by atoms with van der Waals surface area (Å²) in [6, 6.07) is 3.58. The number of halogens is 1. The molecule has 0 aromatic carbocycles. The lowest BCUT2D eigenvalue weighted by atomic mass is 10.1. The largest absolute Gasteiger partial charge is 0.396 e. The van der Waals surface area contributed by atoms with E-state index in [0.29, 0.717) is 11.0 Å². The number of nitrogens with zero attached hydrogens (tertiary/aromatic N) is 2. The van der Waals surface area contributed by atoms with E-state index < -0.39 is 0 Å². The summed E-state index contributed by atoms with van der Waals surface area (Å²) in [4.78, 5) is 0. The summed E-state index contributed by atoms with van der Waals surface area (Å²) in [6.07, 6.45) is 0. The van der Waals surface area contributed by atoms with Crippen molar-refractivity contribution in [2.45, 2.75) is 19.9 Å². The van der Waals surface area contributed by atoms with E-state index >= 15 is 0 Å². The molecule has 0 fully saturated rings. The van der Waals surface area contributed by atoms with E-state index in [-0.39, 0.29) is 18.6 Å². The van der Waals surface area contributed by atoms with Crippen LogP contribution in [0, 0.1) is 5.92 Å². The minimum absolute atomic E-state index is 0.148. The fourth-order valence-electron chi connectivity index (χ4n) is 0.927. The fraction of sp³-hybridized carbons (Fsp3) is 0.556. The molecule has 1 aromatic heterocycles. The summed E-state index contributed by atoms with van der Waals surface area (Å²) in [7, 11) is 0. The minimum Gasteiger partial charge on any atom is -0.396 e. The van der Waals surface area contributed by atoms with Crippen molar-refractivity contribution in [3.63, 3.8) is 0 Å². The third-order valence-corrected chi connectivity index (χ3v) is 2.35. The quantitative estimate of drug-likeness (QED) is 0.801. The maximum absolute atomic E-state index is 8.93. The third kappa shape index (κ3) is 3.12. The van der Waals surface area contributed by atoms with Gasteiger partial charge in [0.25, 0.3) is 0 Å². The Labute approximate surface area is 88.3 Å². The van der Waals surface area contributed by atoms with E-state index in [1.54, 1.807) is 12.1 Å². The van der Waals surface area contributed by atoms with Crippen molar-refractivity contribution in [2.24, 2.45) is 5.92 Å². The summed E-state index contributed by atoms with van der Waals surface area (Å²) >= 11 is 5.60. The number of hydrogen-bond acceptors (Lipinski definition) is 4. The van der Waals surface area contributed by atoms with Crippen molar-refractivity contribution >= 4 is 17.4 Å². The van der Waals surface area contributed by atoms with Gasteiger partial charge in [0.1, 0.15) is 5.82 Å². The molecule has 0 radical (unpaired) electrons. The van der Waals surface area contributed by atoms with Gasteiger partial charge in [-0.1, -0.05) is 18.5 Å². The zero-order valence-corrected chi connectivity index (χ0v) is 8.99. The normalized spacial score (nSPS) is 14.9. The molecule has 0 aliphatic heterocycles. The Bertz CT molecular complexity index is 278. The summed E-state index contributed by atoms with van der Waals surface area (Å²) in [6.45, 7) is 4.09. The van der Waals surface area contributed by atoms with E-state index in [2.05, 4.69) is 15.5 Å². The molecule has 2 N–H and O–H groups in total. The number of aliphatic hydroxyl groups excluding tert-OH is 1. The molecule has 1 rings (SSSR count). The highest BCUT2D eigenvalue weighted by Crippen LogP contribution is 2.10. The standard InChI is InChI=1S/C9H14ClN3O/c1-6(5-14)7(2)11-9-4-3-8(10)12-13-9/h3-4,6-7,14H,5H2,1-2H3,(H,11,13). The van der Waals surface area contributed by atoms with E-state index in [1.807, 2.05) is 13.8 Å². The van der Waals surface area contributed by atoms with Crippen LogP contribution >= 0.6 is 11.6 Å². The van der Waals surface area contributed by atoms with Gasteiger partial charge in [0.2, 0.25) is 0 Å². The van der Waals surface area contributed by atoms with E-state index in [4.69, 9.17) is 16.7 Å². The Morgan fingerprint density at radius 1 is 1.43 bits per heavy atom. The minimum atomic E-state index is 0.148. The maximum Gasteiger partial charge on any atom is 0.151 e. The molecule has 0 amide bonds. The van der Waals surface area contributed by atoms with Gasteiger partial charge in [0.15, 0.2) is 5.15 Å². The highest BCUT2D eigenvalue weighted by Gasteiger charge is 2.11. The van der Waals surface area contributed by atoms with E-state index in [9.17, 15) is 0 Å². The van der Waals surface area contributed by atoms with Crippen LogP contribution in [0.15, 0.2) is 12.1 Å². The summed E-state index contributed by atoms with van der Waals surface area (Å²) in [5, 5.41) is 20.0. The summed E-state index contributed by atoms with van der Waals surface area (Å²) in [5.41, 5.74) is 0. The second-order valence-electron chi connectivity index (χ2n) is 3.33. The smallest absolute Gasteiger partial charge is 0.151 e. The van der Waals surface area contributed by atoms with Crippen molar-refractivity contribution < 1.29 is 5.11 Å². The molecule has 78 valence electrons. The van der Waals surface area contributed by atoms with Gasteiger partial charge in [0.05, 0.1) is 0 Å². The number of aromatic nitrogens is 2.